The fourth-order valence-corrected chi connectivity index (χ4v) is 3.24. The van der Waals surface area contributed by atoms with Gasteiger partial charge in [0.05, 0.1) is 20.4 Å². The highest BCUT2D eigenvalue weighted by molar-refractivity contribution is 5.95. The van der Waals surface area contributed by atoms with E-state index in [0.29, 0.717) is 22.8 Å². The molecule has 164 valence electrons. The summed E-state index contributed by atoms with van der Waals surface area (Å²) in [5.41, 5.74) is 3.66. The highest BCUT2D eigenvalue weighted by Gasteiger charge is 2.16. The molecule has 2 aromatic rings. The van der Waals surface area contributed by atoms with Crippen LogP contribution in [0.25, 0.3) is 0 Å². The summed E-state index contributed by atoms with van der Waals surface area (Å²) in [6.45, 7) is 1.66. The van der Waals surface area contributed by atoms with E-state index in [4.69, 9.17) is 14.2 Å². The Kier molecular flexibility index (Phi) is 7.86. The number of carbonyl (C=O) groups excluding carboxylic acids is 2. The van der Waals surface area contributed by atoms with Gasteiger partial charge in [-0.1, -0.05) is 0 Å². The molecule has 0 bridgehead atoms. The van der Waals surface area contributed by atoms with Crippen LogP contribution in [0.4, 0.5) is 0 Å². The lowest BCUT2D eigenvalue weighted by atomic mass is 10.1. The second kappa shape index (κ2) is 11.0. The average Bonchev–Trinajstić information content (AvgIpc) is 2.83. The topological polar surface area (TPSA) is 89.5 Å². The van der Waals surface area contributed by atoms with Gasteiger partial charge in [-0.05, 0) is 67.3 Å². The van der Waals surface area contributed by atoms with E-state index in [1.807, 2.05) is 4.90 Å². The zero-order valence-electron chi connectivity index (χ0n) is 17.8. The molecule has 0 atom stereocenters. The van der Waals surface area contributed by atoms with Gasteiger partial charge in [0.2, 0.25) is 0 Å². The molecule has 0 aromatic heterocycles. The van der Waals surface area contributed by atoms with Crippen molar-refractivity contribution < 1.29 is 23.8 Å². The van der Waals surface area contributed by atoms with Gasteiger partial charge in [-0.25, -0.2) is 5.43 Å². The maximum absolute atomic E-state index is 12.3. The van der Waals surface area contributed by atoms with Gasteiger partial charge in [-0.15, -0.1) is 0 Å². The summed E-state index contributed by atoms with van der Waals surface area (Å²) in [7, 11) is 3.04. The Balaban J connectivity index is 1.49. The molecule has 1 aliphatic rings. The van der Waals surface area contributed by atoms with Crippen molar-refractivity contribution >= 4 is 18.0 Å². The van der Waals surface area contributed by atoms with Crippen LogP contribution in [0, 0.1) is 0 Å². The fourth-order valence-electron chi connectivity index (χ4n) is 3.24. The van der Waals surface area contributed by atoms with Crippen LogP contribution in [-0.2, 0) is 4.79 Å². The number of amides is 2. The second-order valence-corrected chi connectivity index (χ2v) is 7.07. The van der Waals surface area contributed by atoms with Crippen LogP contribution in [0.15, 0.2) is 47.6 Å². The van der Waals surface area contributed by atoms with Gasteiger partial charge in [-0.2, -0.15) is 5.10 Å². The van der Waals surface area contributed by atoms with Gasteiger partial charge in [0.25, 0.3) is 11.8 Å². The van der Waals surface area contributed by atoms with E-state index >= 15 is 0 Å². The molecular formula is C23H27N3O5. The van der Waals surface area contributed by atoms with E-state index in [2.05, 4.69) is 10.5 Å². The molecule has 0 saturated carbocycles. The van der Waals surface area contributed by atoms with Crippen molar-refractivity contribution in [2.75, 3.05) is 33.9 Å². The minimum atomic E-state index is -0.367. The van der Waals surface area contributed by atoms with Crippen LogP contribution < -0.4 is 19.6 Å². The molecule has 0 radical (unpaired) electrons. The summed E-state index contributed by atoms with van der Waals surface area (Å²) < 4.78 is 16.0. The van der Waals surface area contributed by atoms with Crippen molar-refractivity contribution in [1.82, 2.24) is 10.3 Å². The Morgan fingerprint density at radius 2 is 1.71 bits per heavy atom. The van der Waals surface area contributed by atoms with Crippen LogP contribution in [0.5, 0.6) is 17.2 Å². The normalized spacial score (nSPS) is 13.7. The molecule has 1 aliphatic heterocycles. The van der Waals surface area contributed by atoms with Gasteiger partial charge in [-0.3, -0.25) is 9.59 Å². The van der Waals surface area contributed by atoms with Crippen LogP contribution >= 0.6 is 0 Å². The van der Waals surface area contributed by atoms with E-state index in [-0.39, 0.29) is 18.4 Å². The molecule has 1 saturated heterocycles. The molecule has 3 rings (SSSR count). The number of rotatable bonds is 8. The fraction of sp³-hybridized carbons (Fsp3) is 0.348. The maximum Gasteiger partial charge on any atom is 0.271 e. The van der Waals surface area contributed by atoms with Crippen LogP contribution in [-0.4, -0.2) is 56.8 Å². The molecule has 2 amide bonds. The minimum Gasteiger partial charge on any atom is -0.493 e. The predicted molar refractivity (Wildman–Crippen MR) is 117 cm³/mol. The molecule has 1 N–H and O–H groups in total. The third kappa shape index (κ3) is 6.21. The lowest BCUT2D eigenvalue weighted by Crippen LogP contribution is -2.38. The number of nitrogens with one attached hydrogen (secondary N) is 1. The molecule has 0 aliphatic carbocycles. The molecular weight excluding hydrogens is 398 g/mol. The summed E-state index contributed by atoms with van der Waals surface area (Å²) >= 11 is 0. The van der Waals surface area contributed by atoms with Crippen LogP contribution in [0.3, 0.4) is 0 Å². The molecule has 2 aromatic carbocycles. The Bertz CT molecular complexity index is 921. The quantitative estimate of drug-likeness (QED) is 0.519. The first kappa shape index (κ1) is 22.1. The summed E-state index contributed by atoms with van der Waals surface area (Å²) in [6.07, 6.45) is 4.83. The third-order valence-electron chi connectivity index (χ3n) is 4.98. The number of hydrogen-bond donors (Lipinski definition) is 1. The highest BCUT2D eigenvalue weighted by Crippen LogP contribution is 2.27. The largest absolute Gasteiger partial charge is 0.493 e. The summed E-state index contributed by atoms with van der Waals surface area (Å²) in [6, 6.07) is 12.0. The van der Waals surface area contributed by atoms with Crippen molar-refractivity contribution in [3.8, 4) is 17.2 Å². The smallest absolute Gasteiger partial charge is 0.271 e. The Morgan fingerprint density at radius 3 is 2.39 bits per heavy atom. The molecule has 8 heteroatoms. The standard InChI is InChI=1S/C23H27N3O5/c1-29-20-11-8-18(14-21(20)30-2)23(28)25-24-15-17-6-9-19(10-7-17)31-16-22(27)26-12-4-3-5-13-26/h6-11,14-15H,3-5,12-13,16H2,1-2H3,(H,25,28)/b24-15-. The Hall–Kier alpha value is -3.55. The Labute approximate surface area is 181 Å². The molecule has 8 nitrogen and oxygen atoms in total. The highest BCUT2D eigenvalue weighted by atomic mass is 16.5. The van der Waals surface area contributed by atoms with E-state index in [0.717, 1.165) is 31.5 Å². The molecule has 0 spiro atoms. The minimum absolute atomic E-state index is 0.0169. The molecule has 0 unspecified atom stereocenters. The molecule has 1 heterocycles. The first-order valence-electron chi connectivity index (χ1n) is 10.2. The number of hydrazone groups is 1. The van der Waals surface area contributed by atoms with Gasteiger partial charge in [0, 0.05) is 18.7 Å². The number of hydrogen-bond acceptors (Lipinski definition) is 6. The zero-order chi connectivity index (χ0) is 22.1. The van der Waals surface area contributed by atoms with Crippen LogP contribution in [0.1, 0.15) is 35.2 Å². The lowest BCUT2D eigenvalue weighted by molar-refractivity contribution is -0.134. The number of carbonyl (C=O) groups is 2. The van der Waals surface area contributed by atoms with Crippen molar-refractivity contribution in [1.29, 1.82) is 0 Å². The number of benzene rings is 2. The van der Waals surface area contributed by atoms with Crippen molar-refractivity contribution in [3.05, 3.63) is 53.6 Å². The van der Waals surface area contributed by atoms with Crippen LogP contribution in [0.2, 0.25) is 0 Å². The molecule has 1 fully saturated rings. The lowest BCUT2D eigenvalue weighted by Gasteiger charge is -2.26. The third-order valence-corrected chi connectivity index (χ3v) is 4.98. The number of likely N-dealkylation sites (tertiary alicyclic amines) is 1. The van der Waals surface area contributed by atoms with E-state index in [9.17, 15) is 9.59 Å². The number of ether oxygens (including phenoxy) is 3. The van der Waals surface area contributed by atoms with Gasteiger partial charge < -0.3 is 19.1 Å². The average molecular weight is 425 g/mol. The SMILES string of the molecule is COc1ccc(C(=O)N/N=C\c2ccc(OCC(=O)N3CCCCC3)cc2)cc1OC. The van der Waals surface area contributed by atoms with Crippen molar-refractivity contribution in [2.45, 2.75) is 19.3 Å². The second-order valence-electron chi connectivity index (χ2n) is 7.07. The summed E-state index contributed by atoms with van der Waals surface area (Å²) in [5, 5.41) is 3.98. The van der Waals surface area contributed by atoms with Gasteiger partial charge >= 0.3 is 0 Å². The van der Waals surface area contributed by atoms with Gasteiger partial charge in [0.15, 0.2) is 18.1 Å². The first-order valence-corrected chi connectivity index (χ1v) is 10.2. The van der Waals surface area contributed by atoms with Crippen molar-refractivity contribution in [2.24, 2.45) is 5.10 Å². The zero-order valence-corrected chi connectivity index (χ0v) is 17.8. The number of piperidine rings is 1. The van der Waals surface area contributed by atoms with E-state index in [1.165, 1.54) is 26.9 Å². The van der Waals surface area contributed by atoms with E-state index in [1.54, 1.807) is 42.5 Å². The molecule has 31 heavy (non-hydrogen) atoms. The Morgan fingerprint density at radius 1 is 1.00 bits per heavy atom. The number of methoxy groups -OCH3 is 2. The van der Waals surface area contributed by atoms with Crippen molar-refractivity contribution in [3.63, 3.8) is 0 Å². The monoisotopic (exact) mass is 425 g/mol. The summed E-state index contributed by atoms with van der Waals surface area (Å²) in [4.78, 5) is 26.3. The first-order chi connectivity index (χ1) is 15.1. The summed E-state index contributed by atoms with van der Waals surface area (Å²) in [5.74, 6) is 1.27. The maximum atomic E-state index is 12.3. The van der Waals surface area contributed by atoms with E-state index < -0.39 is 0 Å². The number of nitrogens with zero attached hydrogens (tertiary/aromatic N) is 2. The van der Waals surface area contributed by atoms with Gasteiger partial charge in [0.1, 0.15) is 5.75 Å². The predicted octanol–water partition coefficient (Wildman–Crippen LogP) is 2.86.